The van der Waals surface area contributed by atoms with Gasteiger partial charge >= 0.3 is 0 Å². The number of thioether (sulfide) groups is 1. The topological polar surface area (TPSA) is 58.2 Å². The minimum Gasteiger partial charge on any atom is -0.316 e. The van der Waals surface area contributed by atoms with Crippen LogP contribution in [0.25, 0.3) is 0 Å². The lowest BCUT2D eigenvalue weighted by molar-refractivity contribution is 0.560. The van der Waals surface area contributed by atoms with Crippen LogP contribution in [-0.4, -0.2) is 39.6 Å². The van der Waals surface area contributed by atoms with Crippen LogP contribution in [0.15, 0.2) is 16.3 Å². The number of thiophene rings is 1. The van der Waals surface area contributed by atoms with Crippen molar-refractivity contribution in [1.82, 2.24) is 10.0 Å². The highest BCUT2D eigenvalue weighted by Crippen LogP contribution is 2.22. The number of rotatable bonds is 11. The molecule has 0 aromatic carbocycles. The Morgan fingerprint density at radius 1 is 1.29 bits per heavy atom. The average Bonchev–Trinajstić information content (AvgIpc) is 2.92. The Labute approximate surface area is 137 Å². The summed E-state index contributed by atoms with van der Waals surface area (Å²) in [6, 6.07) is 3.64. The first-order valence-corrected chi connectivity index (χ1v) is 11.0. The first-order chi connectivity index (χ1) is 10.0. The molecule has 1 atom stereocenters. The smallest absolute Gasteiger partial charge is 0.250 e. The summed E-state index contributed by atoms with van der Waals surface area (Å²) in [4.78, 5) is 1.11. The van der Waals surface area contributed by atoms with E-state index in [4.69, 9.17) is 0 Å². The van der Waals surface area contributed by atoms with Crippen LogP contribution in [0, 0.1) is 0 Å². The van der Waals surface area contributed by atoms with Crippen molar-refractivity contribution in [2.45, 2.75) is 43.4 Å². The van der Waals surface area contributed by atoms with Crippen molar-refractivity contribution in [2.24, 2.45) is 0 Å². The van der Waals surface area contributed by atoms with Crippen LogP contribution < -0.4 is 10.0 Å². The normalized spacial score (nSPS) is 13.5. The van der Waals surface area contributed by atoms with Crippen LogP contribution in [0.4, 0.5) is 0 Å². The molecule has 0 saturated heterocycles. The first kappa shape index (κ1) is 19.0. The minimum absolute atomic E-state index is 0.00164. The summed E-state index contributed by atoms with van der Waals surface area (Å²) in [7, 11) is -3.37. The lowest BCUT2D eigenvalue weighted by Crippen LogP contribution is -2.35. The molecule has 0 bridgehead atoms. The van der Waals surface area contributed by atoms with Gasteiger partial charge in [0.15, 0.2) is 0 Å². The molecule has 1 aromatic heterocycles. The highest BCUT2D eigenvalue weighted by atomic mass is 32.2. The Hall–Kier alpha value is -0.0800. The number of nitrogens with one attached hydrogen (secondary N) is 2. The van der Waals surface area contributed by atoms with Crippen LogP contribution in [0.1, 0.15) is 31.6 Å². The molecule has 1 unspecified atom stereocenters. The molecule has 0 saturated carbocycles. The van der Waals surface area contributed by atoms with E-state index in [1.807, 2.05) is 19.2 Å². The third-order valence-electron chi connectivity index (χ3n) is 3.06. The molecule has 21 heavy (non-hydrogen) atoms. The van der Waals surface area contributed by atoms with Gasteiger partial charge in [0.05, 0.1) is 0 Å². The Morgan fingerprint density at radius 2 is 2.05 bits per heavy atom. The zero-order valence-corrected chi connectivity index (χ0v) is 15.5. The van der Waals surface area contributed by atoms with Crippen LogP contribution in [-0.2, 0) is 16.4 Å². The monoisotopic (exact) mass is 350 g/mol. The molecule has 0 aliphatic heterocycles. The maximum Gasteiger partial charge on any atom is 0.250 e. The predicted octanol–water partition coefficient (Wildman–Crippen LogP) is 2.71. The molecule has 0 amide bonds. The second kappa shape index (κ2) is 9.84. The molecule has 0 fully saturated rings. The lowest BCUT2D eigenvalue weighted by atomic mass is 10.3. The lowest BCUT2D eigenvalue weighted by Gasteiger charge is -2.14. The maximum atomic E-state index is 12.3. The average molecular weight is 351 g/mol. The van der Waals surface area contributed by atoms with Gasteiger partial charge in [-0.05, 0) is 50.7 Å². The van der Waals surface area contributed by atoms with Gasteiger partial charge < -0.3 is 5.32 Å². The van der Waals surface area contributed by atoms with Crippen LogP contribution in [0.2, 0.25) is 0 Å². The second-order valence-corrected chi connectivity index (χ2v) is 8.92. The van der Waals surface area contributed by atoms with Gasteiger partial charge in [-0.15, -0.1) is 11.3 Å². The van der Waals surface area contributed by atoms with E-state index in [-0.39, 0.29) is 6.04 Å². The Kier molecular flexibility index (Phi) is 8.89. The van der Waals surface area contributed by atoms with E-state index in [0.29, 0.717) is 4.21 Å². The van der Waals surface area contributed by atoms with Crippen molar-refractivity contribution >= 4 is 33.1 Å². The summed E-state index contributed by atoms with van der Waals surface area (Å²) in [5.41, 5.74) is 0. The van der Waals surface area contributed by atoms with Gasteiger partial charge in [-0.2, -0.15) is 11.8 Å². The van der Waals surface area contributed by atoms with Gasteiger partial charge in [0.25, 0.3) is 0 Å². The molecule has 0 aliphatic rings. The third-order valence-corrected chi connectivity index (χ3v) is 6.95. The molecule has 0 radical (unpaired) electrons. The summed E-state index contributed by atoms with van der Waals surface area (Å²) in [6.07, 6.45) is 4.78. The summed E-state index contributed by atoms with van der Waals surface area (Å²) >= 11 is 3.03. The largest absolute Gasteiger partial charge is 0.316 e. The molecule has 122 valence electrons. The predicted molar refractivity (Wildman–Crippen MR) is 94.0 cm³/mol. The molecule has 1 aromatic rings. The molecule has 1 heterocycles. The number of hydrogen-bond acceptors (Lipinski definition) is 5. The Morgan fingerprint density at radius 3 is 2.67 bits per heavy atom. The fourth-order valence-electron chi connectivity index (χ4n) is 1.86. The molecular formula is C14H26N2O2S3. The summed E-state index contributed by atoms with van der Waals surface area (Å²) in [5.74, 6) is 0.800. The Bertz CT molecular complexity index is 500. The summed E-state index contributed by atoms with van der Waals surface area (Å²) in [5, 5.41) is 3.33. The summed E-state index contributed by atoms with van der Waals surface area (Å²) in [6.45, 7) is 6.03. The minimum atomic E-state index is -3.37. The molecule has 0 spiro atoms. The van der Waals surface area contributed by atoms with Crippen molar-refractivity contribution in [3.8, 4) is 0 Å². The highest BCUT2D eigenvalue weighted by molar-refractivity contribution is 7.98. The van der Waals surface area contributed by atoms with E-state index in [1.54, 1.807) is 17.8 Å². The van der Waals surface area contributed by atoms with Gasteiger partial charge in [-0.25, -0.2) is 13.1 Å². The van der Waals surface area contributed by atoms with E-state index in [9.17, 15) is 8.42 Å². The van der Waals surface area contributed by atoms with E-state index in [1.165, 1.54) is 11.3 Å². The van der Waals surface area contributed by atoms with E-state index in [2.05, 4.69) is 17.0 Å². The maximum absolute atomic E-state index is 12.3. The van der Waals surface area contributed by atoms with E-state index < -0.39 is 10.0 Å². The quantitative estimate of drug-likeness (QED) is 0.603. The van der Waals surface area contributed by atoms with Crippen LogP contribution in [0.5, 0.6) is 0 Å². The van der Waals surface area contributed by atoms with Gasteiger partial charge in [-0.1, -0.05) is 13.8 Å². The number of sulfonamides is 1. The molecule has 2 N–H and O–H groups in total. The van der Waals surface area contributed by atoms with Crippen molar-refractivity contribution in [2.75, 3.05) is 25.1 Å². The second-order valence-electron chi connectivity index (χ2n) is 4.90. The SMILES string of the molecule is CCCNCCc1ccc(S(=O)(=O)NC(CC)CSC)s1. The van der Waals surface area contributed by atoms with Crippen LogP contribution in [0.3, 0.4) is 0 Å². The summed E-state index contributed by atoms with van der Waals surface area (Å²) < 4.78 is 27.9. The van der Waals surface area contributed by atoms with Crippen molar-refractivity contribution < 1.29 is 8.42 Å². The fraction of sp³-hybridized carbons (Fsp3) is 0.714. The van der Waals surface area contributed by atoms with Crippen molar-refractivity contribution in [3.63, 3.8) is 0 Å². The van der Waals surface area contributed by atoms with E-state index in [0.717, 1.165) is 43.0 Å². The van der Waals surface area contributed by atoms with E-state index >= 15 is 0 Å². The fourth-order valence-corrected chi connectivity index (χ4v) is 5.38. The van der Waals surface area contributed by atoms with Crippen molar-refractivity contribution in [3.05, 3.63) is 17.0 Å². The molecular weight excluding hydrogens is 324 g/mol. The zero-order chi connectivity index (χ0) is 15.7. The van der Waals surface area contributed by atoms with Gasteiger partial charge in [0, 0.05) is 16.7 Å². The molecule has 7 heteroatoms. The van der Waals surface area contributed by atoms with Gasteiger partial charge in [0.1, 0.15) is 4.21 Å². The number of hydrogen-bond donors (Lipinski definition) is 2. The van der Waals surface area contributed by atoms with Crippen molar-refractivity contribution in [1.29, 1.82) is 0 Å². The highest BCUT2D eigenvalue weighted by Gasteiger charge is 2.20. The first-order valence-electron chi connectivity index (χ1n) is 7.34. The van der Waals surface area contributed by atoms with Gasteiger partial charge in [0.2, 0.25) is 10.0 Å². The molecule has 4 nitrogen and oxygen atoms in total. The van der Waals surface area contributed by atoms with Gasteiger partial charge in [-0.3, -0.25) is 0 Å². The Balaban J connectivity index is 2.61. The van der Waals surface area contributed by atoms with Crippen LogP contribution >= 0.6 is 23.1 Å². The zero-order valence-electron chi connectivity index (χ0n) is 13.0. The molecule has 1 rings (SSSR count). The third kappa shape index (κ3) is 6.69. The molecule has 0 aliphatic carbocycles. The standard InChI is InChI=1S/C14H26N2O2S3/c1-4-9-15-10-8-13-6-7-14(20-13)21(17,18)16-12(5-2)11-19-3/h6-7,12,15-16H,4-5,8-11H2,1-3H3.